The SMILES string of the molecule is [N-]=[N+]=NCCOCCOCCOCCOCCSc1cccc2c1C(=O)N(C1CCC(=O)NC1=O)C2=O. The van der Waals surface area contributed by atoms with E-state index in [-0.39, 0.29) is 24.0 Å². The van der Waals surface area contributed by atoms with E-state index < -0.39 is 29.7 Å². The van der Waals surface area contributed by atoms with Gasteiger partial charge in [0.15, 0.2) is 0 Å². The van der Waals surface area contributed by atoms with Crippen LogP contribution in [0.1, 0.15) is 33.6 Å². The van der Waals surface area contributed by atoms with E-state index in [2.05, 4.69) is 15.3 Å². The molecule has 2 heterocycles. The molecule has 0 spiro atoms. The molecule has 0 saturated carbocycles. The zero-order valence-corrected chi connectivity index (χ0v) is 21.1. The van der Waals surface area contributed by atoms with Gasteiger partial charge in [-0.3, -0.25) is 29.4 Å². The van der Waals surface area contributed by atoms with Crippen LogP contribution in [0.25, 0.3) is 10.4 Å². The van der Waals surface area contributed by atoms with Crippen molar-refractivity contribution in [2.24, 2.45) is 5.11 Å². The number of nitrogens with zero attached hydrogens (tertiary/aromatic N) is 4. The summed E-state index contributed by atoms with van der Waals surface area (Å²) < 4.78 is 21.6. The van der Waals surface area contributed by atoms with Gasteiger partial charge < -0.3 is 18.9 Å². The monoisotopic (exact) mass is 535 g/mol. The van der Waals surface area contributed by atoms with E-state index in [0.717, 1.165) is 4.90 Å². The highest BCUT2D eigenvalue weighted by Crippen LogP contribution is 2.34. The zero-order chi connectivity index (χ0) is 26.5. The maximum absolute atomic E-state index is 13.1. The van der Waals surface area contributed by atoms with E-state index in [1.165, 1.54) is 11.8 Å². The molecule has 1 N–H and O–H groups in total. The minimum absolute atomic E-state index is 0.0791. The van der Waals surface area contributed by atoms with Gasteiger partial charge in [0, 0.05) is 28.5 Å². The van der Waals surface area contributed by atoms with Crippen molar-refractivity contribution in [1.82, 2.24) is 10.2 Å². The number of rotatable bonds is 17. The van der Waals surface area contributed by atoms with E-state index in [9.17, 15) is 19.2 Å². The molecular formula is C23H29N5O8S. The number of imide groups is 2. The second-order valence-corrected chi connectivity index (χ2v) is 9.02. The summed E-state index contributed by atoms with van der Waals surface area (Å²) in [5.41, 5.74) is 8.68. The molecule has 4 amide bonds. The van der Waals surface area contributed by atoms with Crippen molar-refractivity contribution in [2.75, 3.05) is 65.2 Å². The number of fused-ring (bicyclic) bond motifs is 1. The van der Waals surface area contributed by atoms with E-state index in [1.807, 2.05) is 0 Å². The van der Waals surface area contributed by atoms with Gasteiger partial charge in [0.25, 0.3) is 11.8 Å². The van der Waals surface area contributed by atoms with Gasteiger partial charge in [-0.2, -0.15) is 0 Å². The predicted molar refractivity (Wildman–Crippen MR) is 131 cm³/mol. The standard InChI is InChI=1S/C23H29N5O8S/c24-27-25-6-7-33-8-9-34-10-11-35-12-13-36-14-15-37-18-3-1-2-16-20(18)23(32)28(22(16)31)17-4-5-19(29)26-21(17)30/h1-3,17H,4-15H2,(H,26,29,30). The molecule has 1 aromatic rings. The molecular weight excluding hydrogens is 506 g/mol. The van der Waals surface area contributed by atoms with Crippen LogP contribution in [0.2, 0.25) is 0 Å². The number of carbonyl (C=O) groups excluding carboxylic acids is 4. The lowest BCUT2D eigenvalue weighted by molar-refractivity contribution is -0.136. The van der Waals surface area contributed by atoms with Gasteiger partial charge in [0.2, 0.25) is 11.8 Å². The van der Waals surface area contributed by atoms with Crippen molar-refractivity contribution >= 4 is 35.4 Å². The minimum Gasteiger partial charge on any atom is -0.379 e. The lowest BCUT2D eigenvalue weighted by Crippen LogP contribution is -2.54. The quantitative estimate of drug-likeness (QED) is 0.0776. The zero-order valence-electron chi connectivity index (χ0n) is 20.3. The van der Waals surface area contributed by atoms with Crippen LogP contribution in [0.15, 0.2) is 28.2 Å². The van der Waals surface area contributed by atoms with E-state index in [1.54, 1.807) is 18.2 Å². The summed E-state index contributed by atoms with van der Waals surface area (Å²) in [6.07, 6.45) is 0.199. The lowest BCUT2D eigenvalue weighted by atomic mass is 10.0. The Hall–Kier alpha value is -3.00. The van der Waals surface area contributed by atoms with Gasteiger partial charge in [-0.1, -0.05) is 11.2 Å². The summed E-state index contributed by atoms with van der Waals surface area (Å²) >= 11 is 1.39. The molecule has 0 aliphatic carbocycles. The van der Waals surface area contributed by atoms with Gasteiger partial charge >= 0.3 is 0 Å². The molecule has 0 aromatic heterocycles. The summed E-state index contributed by atoms with van der Waals surface area (Å²) in [5.74, 6) is -1.52. The number of carbonyl (C=O) groups is 4. The molecule has 1 fully saturated rings. The molecule has 14 heteroatoms. The predicted octanol–water partition coefficient (Wildman–Crippen LogP) is 1.56. The van der Waals surface area contributed by atoms with Gasteiger partial charge in [-0.25, -0.2) is 0 Å². The molecule has 0 radical (unpaired) electrons. The van der Waals surface area contributed by atoms with Crippen LogP contribution in [0.4, 0.5) is 0 Å². The Kier molecular flexibility index (Phi) is 11.8. The molecule has 2 aliphatic rings. The number of hydrogen-bond acceptors (Lipinski definition) is 10. The van der Waals surface area contributed by atoms with Crippen LogP contribution in [-0.2, 0) is 28.5 Å². The van der Waals surface area contributed by atoms with Crippen molar-refractivity contribution in [3.05, 3.63) is 39.8 Å². The first-order valence-electron chi connectivity index (χ1n) is 11.8. The fourth-order valence-corrected chi connectivity index (χ4v) is 4.66. The van der Waals surface area contributed by atoms with Crippen LogP contribution in [0, 0.1) is 0 Å². The van der Waals surface area contributed by atoms with Crippen LogP contribution in [-0.4, -0.2) is 99.7 Å². The summed E-state index contributed by atoms with van der Waals surface area (Å²) in [5, 5.41) is 5.55. The molecule has 1 aromatic carbocycles. The topological polar surface area (TPSA) is 169 Å². The molecule has 1 atom stereocenters. The van der Waals surface area contributed by atoms with E-state index >= 15 is 0 Å². The average Bonchev–Trinajstić information content (AvgIpc) is 3.14. The number of ether oxygens (including phenoxy) is 4. The molecule has 200 valence electrons. The highest BCUT2D eigenvalue weighted by atomic mass is 32.2. The van der Waals surface area contributed by atoms with Crippen LogP contribution in [0.3, 0.4) is 0 Å². The van der Waals surface area contributed by atoms with Gasteiger partial charge in [-0.15, -0.1) is 11.8 Å². The molecule has 2 aliphatic heterocycles. The van der Waals surface area contributed by atoms with Gasteiger partial charge in [0.1, 0.15) is 6.04 Å². The second kappa shape index (κ2) is 15.3. The first kappa shape index (κ1) is 28.6. The van der Waals surface area contributed by atoms with Crippen molar-refractivity contribution < 1.29 is 38.1 Å². The Labute approximate surface area is 217 Å². The minimum atomic E-state index is -0.986. The third-order valence-electron chi connectivity index (χ3n) is 5.43. The smallest absolute Gasteiger partial charge is 0.263 e. The Morgan fingerprint density at radius 1 is 0.946 bits per heavy atom. The van der Waals surface area contributed by atoms with Crippen molar-refractivity contribution in [3.63, 3.8) is 0 Å². The summed E-state index contributed by atoms with van der Waals surface area (Å²) in [7, 11) is 0. The number of amides is 4. The fraction of sp³-hybridized carbons (Fsp3) is 0.565. The van der Waals surface area contributed by atoms with Crippen molar-refractivity contribution in [1.29, 1.82) is 0 Å². The molecule has 13 nitrogen and oxygen atoms in total. The highest BCUT2D eigenvalue weighted by Gasteiger charge is 2.45. The van der Waals surface area contributed by atoms with Crippen LogP contribution < -0.4 is 5.32 Å². The molecule has 37 heavy (non-hydrogen) atoms. The highest BCUT2D eigenvalue weighted by molar-refractivity contribution is 7.99. The number of nitrogens with one attached hydrogen (secondary N) is 1. The Bertz CT molecular complexity index is 1030. The third-order valence-corrected chi connectivity index (χ3v) is 6.45. The Balaban J connectivity index is 1.30. The van der Waals surface area contributed by atoms with E-state index in [4.69, 9.17) is 24.5 Å². The first-order chi connectivity index (χ1) is 18.0. The summed E-state index contributed by atoms with van der Waals surface area (Å²) in [6.45, 7) is 3.58. The van der Waals surface area contributed by atoms with Gasteiger partial charge in [0.05, 0.1) is 64.0 Å². The maximum atomic E-state index is 13.1. The van der Waals surface area contributed by atoms with E-state index in [0.29, 0.717) is 70.0 Å². The summed E-state index contributed by atoms with van der Waals surface area (Å²) in [4.78, 5) is 53.8. The maximum Gasteiger partial charge on any atom is 0.263 e. The number of benzene rings is 1. The molecule has 1 saturated heterocycles. The fourth-order valence-electron chi connectivity index (χ4n) is 3.73. The number of thioether (sulfide) groups is 1. The molecule has 0 bridgehead atoms. The number of piperidine rings is 1. The van der Waals surface area contributed by atoms with Gasteiger partial charge in [-0.05, 0) is 24.1 Å². The lowest BCUT2D eigenvalue weighted by Gasteiger charge is -2.27. The first-order valence-corrected chi connectivity index (χ1v) is 12.8. The van der Waals surface area contributed by atoms with Crippen LogP contribution in [0.5, 0.6) is 0 Å². The normalized spacial score (nSPS) is 17.1. The third kappa shape index (κ3) is 8.25. The molecule has 1 unspecified atom stereocenters. The summed E-state index contributed by atoms with van der Waals surface area (Å²) in [6, 6.07) is 4.05. The van der Waals surface area contributed by atoms with Crippen molar-refractivity contribution in [3.8, 4) is 0 Å². The van der Waals surface area contributed by atoms with Crippen LogP contribution >= 0.6 is 11.8 Å². The average molecular weight is 536 g/mol. The number of azide groups is 1. The molecule has 3 rings (SSSR count). The Morgan fingerprint density at radius 2 is 1.59 bits per heavy atom. The number of hydrogen-bond donors (Lipinski definition) is 1. The Morgan fingerprint density at radius 3 is 2.24 bits per heavy atom. The second-order valence-electron chi connectivity index (χ2n) is 7.88. The largest absolute Gasteiger partial charge is 0.379 e. The van der Waals surface area contributed by atoms with Crippen molar-refractivity contribution in [2.45, 2.75) is 23.8 Å².